The molecule has 0 N–H and O–H groups in total. The van der Waals surface area contributed by atoms with Crippen LogP contribution in [0.3, 0.4) is 0 Å². The zero-order valence-corrected chi connectivity index (χ0v) is 17.1. The third-order valence-corrected chi connectivity index (χ3v) is 5.02. The summed E-state index contributed by atoms with van der Waals surface area (Å²) in [6.45, 7) is 2.11. The Morgan fingerprint density at radius 2 is 0.852 bits per heavy atom. The maximum absolute atomic E-state index is 3.45. The summed E-state index contributed by atoms with van der Waals surface area (Å²) < 4.78 is 0. The maximum atomic E-state index is 3.45. The molecule has 0 saturated carbocycles. The Kier molecular flexibility index (Phi) is 7.01. The molecule has 4 rings (SSSR count). The van der Waals surface area contributed by atoms with Crippen molar-refractivity contribution in [3.63, 3.8) is 0 Å². The first-order chi connectivity index (χ1) is 13.3. The van der Waals surface area contributed by atoms with E-state index in [1.807, 2.05) is 12.1 Å². The van der Waals surface area contributed by atoms with Crippen LogP contribution < -0.4 is 0 Å². The second kappa shape index (κ2) is 9.89. The van der Waals surface area contributed by atoms with Gasteiger partial charge in [-0.15, -0.1) is 0 Å². The van der Waals surface area contributed by atoms with Crippen molar-refractivity contribution in [1.29, 1.82) is 0 Å². The van der Waals surface area contributed by atoms with E-state index in [2.05, 4.69) is 120 Å². The first kappa shape index (κ1) is 19.1. The SMILES string of the molecule is Cc1ccc(-c2ccc(CBr)cc2)cc1.c1ccc(-c2ccccc2)cc1. The van der Waals surface area contributed by atoms with Gasteiger partial charge in [0.05, 0.1) is 0 Å². The van der Waals surface area contributed by atoms with Gasteiger partial charge in [-0.05, 0) is 34.7 Å². The number of halogens is 1. The maximum Gasteiger partial charge on any atom is 0.0283 e. The first-order valence-corrected chi connectivity index (χ1v) is 10.2. The van der Waals surface area contributed by atoms with Gasteiger partial charge in [-0.1, -0.05) is 131 Å². The molecule has 0 aliphatic rings. The third-order valence-electron chi connectivity index (χ3n) is 4.37. The van der Waals surface area contributed by atoms with Crippen LogP contribution in [0.1, 0.15) is 11.1 Å². The molecule has 4 aromatic rings. The van der Waals surface area contributed by atoms with Gasteiger partial charge in [0.25, 0.3) is 0 Å². The molecule has 27 heavy (non-hydrogen) atoms. The fourth-order valence-electron chi connectivity index (χ4n) is 2.79. The Hall–Kier alpha value is -2.64. The van der Waals surface area contributed by atoms with Crippen LogP contribution in [0.2, 0.25) is 0 Å². The van der Waals surface area contributed by atoms with Gasteiger partial charge < -0.3 is 0 Å². The summed E-state index contributed by atoms with van der Waals surface area (Å²) >= 11 is 3.45. The number of alkyl halides is 1. The first-order valence-electron chi connectivity index (χ1n) is 9.08. The minimum absolute atomic E-state index is 0.918. The van der Waals surface area contributed by atoms with Gasteiger partial charge in [-0.3, -0.25) is 0 Å². The summed E-state index contributed by atoms with van der Waals surface area (Å²) in [5.74, 6) is 0. The average Bonchev–Trinajstić information content (AvgIpc) is 2.76. The van der Waals surface area contributed by atoms with Crippen molar-refractivity contribution in [1.82, 2.24) is 0 Å². The van der Waals surface area contributed by atoms with Crippen molar-refractivity contribution in [3.8, 4) is 22.3 Å². The Bertz CT molecular complexity index is 887. The molecule has 0 aliphatic heterocycles. The molecule has 0 saturated heterocycles. The van der Waals surface area contributed by atoms with Crippen LogP contribution in [-0.4, -0.2) is 0 Å². The molecule has 0 aromatic heterocycles. The van der Waals surface area contributed by atoms with Crippen LogP contribution in [-0.2, 0) is 5.33 Å². The molecule has 0 fully saturated rings. The lowest BCUT2D eigenvalue weighted by atomic mass is 10.0. The van der Waals surface area contributed by atoms with Crippen LogP contribution in [0.15, 0.2) is 109 Å². The normalized spacial score (nSPS) is 10.0. The summed E-state index contributed by atoms with van der Waals surface area (Å²) in [6.07, 6.45) is 0. The molecule has 0 atom stereocenters. The van der Waals surface area contributed by atoms with Gasteiger partial charge in [0.1, 0.15) is 0 Å². The van der Waals surface area contributed by atoms with E-state index in [1.165, 1.54) is 33.4 Å². The molecule has 1 heteroatoms. The predicted octanol–water partition coefficient (Wildman–Crippen LogP) is 7.91. The highest BCUT2D eigenvalue weighted by atomic mass is 79.9. The Balaban J connectivity index is 0.000000159. The number of hydrogen-bond donors (Lipinski definition) is 0. The van der Waals surface area contributed by atoms with Gasteiger partial charge >= 0.3 is 0 Å². The van der Waals surface area contributed by atoms with Crippen LogP contribution in [0, 0.1) is 6.92 Å². The molecule has 0 amide bonds. The largest absolute Gasteiger partial charge is 0.0876 e. The zero-order chi connectivity index (χ0) is 18.9. The van der Waals surface area contributed by atoms with Gasteiger partial charge in [0.2, 0.25) is 0 Å². The van der Waals surface area contributed by atoms with Crippen LogP contribution in [0.5, 0.6) is 0 Å². The number of rotatable bonds is 3. The minimum atomic E-state index is 0.918. The molecule has 134 valence electrons. The molecule has 0 spiro atoms. The minimum Gasteiger partial charge on any atom is -0.0876 e. The quantitative estimate of drug-likeness (QED) is 0.298. The van der Waals surface area contributed by atoms with E-state index >= 15 is 0 Å². The highest BCUT2D eigenvalue weighted by Crippen LogP contribution is 2.21. The van der Waals surface area contributed by atoms with E-state index in [0.29, 0.717) is 0 Å². The molecule has 0 aliphatic carbocycles. The van der Waals surface area contributed by atoms with Crippen molar-refractivity contribution in [2.75, 3.05) is 0 Å². The Labute approximate surface area is 170 Å². The molecule has 4 aromatic carbocycles. The third kappa shape index (κ3) is 5.67. The van der Waals surface area contributed by atoms with Crippen molar-refractivity contribution in [2.45, 2.75) is 12.3 Å². The Morgan fingerprint density at radius 3 is 1.26 bits per heavy atom. The highest BCUT2D eigenvalue weighted by molar-refractivity contribution is 9.08. The van der Waals surface area contributed by atoms with Gasteiger partial charge in [0, 0.05) is 5.33 Å². The average molecular weight is 415 g/mol. The van der Waals surface area contributed by atoms with Gasteiger partial charge in [-0.2, -0.15) is 0 Å². The predicted molar refractivity (Wildman–Crippen MR) is 121 cm³/mol. The van der Waals surface area contributed by atoms with E-state index in [0.717, 1.165) is 5.33 Å². The molecule has 0 nitrogen and oxygen atoms in total. The van der Waals surface area contributed by atoms with Crippen molar-refractivity contribution >= 4 is 15.9 Å². The van der Waals surface area contributed by atoms with E-state index in [9.17, 15) is 0 Å². The van der Waals surface area contributed by atoms with Crippen LogP contribution in [0.4, 0.5) is 0 Å². The lowest BCUT2D eigenvalue weighted by Crippen LogP contribution is -1.80. The molecular formula is C26H23Br. The van der Waals surface area contributed by atoms with Crippen molar-refractivity contribution in [2.24, 2.45) is 0 Å². The van der Waals surface area contributed by atoms with Crippen molar-refractivity contribution in [3.05, 3.63) is 120 Å². The van der Waals surface area contributed by atoms with E-state index < -0.39 is 0 Å². The highest BCUT2D eigenvalue weighted by Gasteiger charge is 1.97. The van der Waals surface area contributed by atoms with Crippen LogP contribution >= 0.6 is 15.9 Å². The van der Waals surface area contributed by atoms with Crippen LogP contribution in [0.25, 0.3) is 22.3 Å². The number of hydrogen-bond acceptors (Lipinski definition) is 0. The lowest BCUT2D eigenvalue weighted by molar-refractivity contribution is 1.43. The summed E-state index contributed by atoms with van der Waals surface area (Å²) in [5, 5.41) is 0.918. The fourth-order valence-corrected chi connectivity index (χ4v) is 3.17. The topological polar surface area (TPSA) is 0 Å². The summed E-state index contributed by atoms with van der Waals surface area (Å²) in [7, 11) is 0. The van der Waals surface area contributed by atoms with Gasteiger partial charge in [-0.25, -0.2) is 0 Å². The number of aryl methyl sites for hydroxylation is 1. The molecular weight excluding hydrogens is 392 g/mol. The van der Waals surface area contributed by atoms with E-state index in [4.69, 9.17) is 0 Å². The van der Waals surface area contributed by atoms with Crippen molar-refractivity contribution < 1.29 is 0 Å². The molecule has 0 unspecified atom stereocenters. The summed E-state index contributed by atoms with van der Waals surface area (Å²) in [5.41, 5.74) is 7.72. The number of benzene rings is 4. The molecule has 0 heterocycles. The second-order valence-electron chi connectivity index (χ2n) is 6.43. The molecule has 0 bridgehead atoms. The lowest BCUT2D eigenvalue weighted by Gasteiger charge is -2.03. The standard InChI is InChI=1S/C14H13Br.C12H10/c1-11-2-6-13(7-3-11)14-8-4-12(10-15)5-9-14;1-3-7-11(8-4-1)12-9-5-2-6-10-12/h2-9H,10H2,1H3;1-10H. The second-order valence-corrected chi connectivity index (χ2v) is 6.99. The van der Waals surface area contributed by atoms with Gasteiger partial charge in [0.15, 0.2) is 0 Å². The van der Waals surface area contributed by atoms with E-state index in [1.54, 1.807) is 0 Å². The smallest absolute Gasteiger partial charge is 0.0283 e. The molecule has 0 radical (unpaired) electrons. The monoisotopic (exact) mass is 414 g/mol. The van der Waals surface area contributed by atoms with E-state index in [-0.39, 0.29) is 0 Å². The zero-order valence-electron chi connectivity index (χ0n) is 15.5. The summed E-state index contributed by atoms with van der Waals surface area (Å²) in [6, 6.07) is 38.1. The fraction of sp³-hybridized carbons (Fsp3) is 0.0769. The Morgan fingerprint density at radius 1 is 0.481 bits per heavy atom. The summed E-state index contributed by atoms with van der Waals surface area (Å²) in [4.78, 5) is 0.